The molecule has 1 aromatic heterocycles. The van der Waals surface area contributed by atoms with E-state index < -0.39 is 5.41 Å². The van der Waals surface area contributed by atoms with E-state index in [2.05, 4.69) is 217 Å². The van der Waals surface area contributed by atoms with Gasteiger partial charge in [-0.05, 0) is 92.0 Å². The summed E-state index contributed by atoms with van der Waals surface area (Å²) in [6.07, 6.45) is 0. The van der Waals surface area contributed by atoms with Crippen LogP contribution < -0.4 is 4.90 Å². The summed E-state index contributed by atoms with van der Waals surface area (Å²) in [6, 6.07) is 78.8. The summed E-state index contributed by atoms with van der Waals surface area (Å²) < 4.78 is 2.59. The minimum atomic E-state index is -0.435. The Bertz CT molecular complexity index is 3150. The molecule has 9 aromatic carbocycles. The lowest BCUT2D eigenvalue weighted by atomic mass is 9.70. The second kappa shape index (κ2) is 12.5. The van der Waals surface area contributed by atoms with Gasteiger partial charge in [0.05, 0.1) is 16.8 Å². The lowest BCUT2D eigenvalue weighted by molar-refractivity contribution is 0.794. The molecule has 0 amide bonds. The van der Waals surface area contributed by atoms with Crippen LogP contribution in [0.25, 0.3) is 64.7 Å². The Kier molecular flexibility index (Phi) is 7.08. The molecule has 2 aliphatic rings. The van der Waals surface area contributed by atoms with E-state index in [9.17, 15) is 0 Å². The summed E-state index contributed by atoms with van der Waals surface area (Å²) in [7, 11) is 0. The van der Waals surface area contributed by atoms with Gasteiger partial charge < -0.3 is 4.90 Å². The normalized spacial score (nSPS) is 13.1. The number of anilines is 3. The fourth-order valence-electron chi connectivity index (χ4n) is 9.96. The van der Waals surface area contributed by atoms with E-state index in [0.717, 1.165) is 11.4 Å². The van der Waals surface area contributed by atoms with Crippen molar-refractivity contribution in [1.82, 2.24) is 0 Å². The van der Waals surface area contributed by atoms with Gasteiger partial charge in [0.15, 0.2) is 0 Å². The molecule has 266 valence electrons. The molecule has 0 atom stereocenters. The van der Waals surface area contributed by atoms with Crippen LogP contribution >= 0.6 is 11.3 Å². The van der Waals surface area contributed by atoms with E-state index in [1.165, 1.54) is 92.6 Å². The molecule has 0 unspecified atom stereocenters. The van der Waals surface area contributed by atoms with E-state index in [4.69, 9.17) is 0 Å². The molecular weight excluding hydrogens is 707 g/mol. The highest BCUT2D eigenvalue weighted by molar-refractivity contribution is 7.25. The average molecular weight is 742 g/mol. The number of nitrogens with zero attached hydrogens (tertiary/aromatic N) is 1. The first-order chi connectivity index (χ1) is 28.3. The van der Waals surface area contributed by atoms with Crippen LogP contribution in [-0.2, 0) is 5.41 Å². The Labute approximate surface area is 336 Å². The van der Waals surface area contributed by atoms with Crippen LogP contribution in [0.15, 0.2) is 212 Å². The first-order valence-electron chi connectivity index (χ1n) is 19.7. The van der Waals surface area contributed by atoms with Gasteiger partial charge >= 0.3 is 0 Å². The third-order valence-electron chi connectivity index (χ3n) is 12.3. The zero-order valence-electron chi connectivity index (χ0n) is 31.1. The molecule has 0 N–H and O–H groups in total. The van der Waals surface area contributed by atoms with Crippen LogP contribution in [0.3, 0.4) is 0 Å². The molecule has 2 heteroatoms. The summed E-state index contributed by atoms with van der Waals surface area (Å²) in [6.45, 7) is 0. The number of rotatable bonds is 5. The molecule has 10 aromatic rings. The molecule has 2 aliphatic carbocycles. The van der Waals surface area contributed by atoms with Crippen molar-refractivity contribution in [3.63, 3.8) is 0 Å². The van der Waals surface area contributed by atoms with Crippen LogP contribution in [0.2, 0.25) is 0 Å². The molecule has 1 heterocycles. The summed E-state index contributed by atoms with van der Waals surface area (Å²) in [4.78, 5) is 2.54. The highest BCUT2D eigenvalue weighted by Crippen LogP contribution is 2.65. The fourth-order valence-corrected chi connectivity index (χ4v) is 11.1. The molecule has 12 rings (SSSR count). The van der Waals surface area contributed by atoms with Crippen molar-refractivity contribution in [2.75, 3.05) is 4.90 Å². The maximum Gasteiger partial charge on any atom is 0.0726 e. The molecule has 0 saturated heterocycles. The molecule has 0 aliphatic heterocycles. The van der Waals surface area contributed by atoms with Gasteiger partial charge in [0, 0.05) is 37.0 Å². The number of benzene rings is 9. The van der Waals surface area contributed by atoms with Gasteiger partial charge in [-0.1, -0.05) is 176 Å². The Morgan fingerprint density at radius 1 is 0.333 bits per heavy atom. The second-order valence-electron chi connectivity index (χ2n) is 15.2. The Balaban J connectivity index is 1.18. The highest BCUT2D eigenvalue weighted by atomic mass is 32.1. The Morgan fingerprint density at radius 2 is 0.912 bits per heavy atom. The zero-order chi connectivity index (χ0) is 37.5. The van der Waals surface area contributed by atoms with E-state index in [1.54, 1.807) is 0 Å². The number of hydrogen-bond acceptors (Lipinski definition) is 2. The largest absolute Gasteiger partial charge is 0.309 e. The van der Waals surface area contributed by atoms with Crippen molar-refractivity contribution in [3.8, 4) is 44.5 Å². The molecule has 1 nitrogen and oxygen atoms in total. The lowest BCUT2D eigenvalue weighted by Gasteiger charge is -2.32. The van der Waals surface area contributed by atoms with Crippen molar-refractivity contribution in [2.45, 2.75) is 5.41 Å². The quantitative estimate of drug-likeness (QED) is 0.170. The van der Waals surface area contributed by atoms with Crippen molar-refractivity contribution in [2.24, 2.45) is 0 Å². The van der Waals surface area contributed by atoms with E-state index >= 15 is 0 Å². The van der Waals surface area contributed by atoms with E-state index in [0.29, 0.717) is 0 Å². The second-order valence-corrected chi connectivity index (χ2v) is 16.2. The third-order valence-corrected chi connectivity index (χ3v) is 13.4. The predicted molar refractivity (Wildman–Crippen MR) is 241 cm³/mol. The topological polar surface area (TPSA) is 3.24 Å². The molecular formula is C55H35NS. The van der Waals surface area contributed by atoms with Crippen LogP contribution in [-0.4, -0.2) is 0 Å². The maximum absolute atomic E-state index is 2.54. The van der Waals surface area contributed by atoms with Gasteiger partial charge in [-0.15, -0.1) is 11.3 Å². The summed E-state index contributed by atoms with van der Waals surface area (Å²) in [5.74, 6) is 0. The maximum atomic E-state index is 2.54. The first kappa shape index (κ1) is 32.3. The van der Waals surface area contributed by atoms with Gasteiger partial charge in [0.1, 0.15) is 0 Å². The molecule has 1 spiro atoms. The Morgan fingerprint density at radius 3 is 1.65 bits per heavy atom. The SMILES string of the molecule is c1ccc(-c2ccc(N(c3ccc4c(c3)sc3ccccc34)c3cccc4c3-c3ccccc3C43c4ccccc4-c4ccccc43)c(-c3ccccc3)c2)cc1. The lowest BCUT2D eigenvalue weighted by Crippen LogP contribution is -2.26. The number of hydrogen-bond donors (Lipinski definition) is 0. The van der Waals surface area contributed by atoms with Crippen molar-refractivity contribution < 1.29 is 0 Å². The van der Waals surface area contributed by atoms with Gasteiger partial charge in [0.25, 0.3) is 0 Å². The molecule has 57 heavy (non-hydrogen) atoms. The van der Waals surface area contributed by atoms with Gasteiger partial charge in [0.2, 0.25) is 0 Å². The average Bonchev–Trinajstić information content (AvgIpc) is 3.91. The van der Waals surface area contributed by atoms with Gasteiger partial charge in [-0.2, -0.15) is 0 Å². The summed E-state index contributed by atoms with van der Waals surface area (Å²) in [5.41, 5.74) is 18.3. The summed E-state index contributed by atoms with van der Waals surface area (Å²) >= 11 is 1.87. The minimum Gasteiger partial charge on any atom is -0.309 e. The van der Waals surface area contributed by atoms with Gasteiger partial charge in [-0.25, -0.2) is 0 Å². The van der Waals surface area contributed by atoms with Crippen LogP contribution in [0.4, 0.5) is 17.1 Å². The number of fused-ring (bicyclic) bond motifs is 13. The van der Waals surface area contributed by atoms with Crippen LogP contribution in [0.5, 0.6) is 0 Å². The van der Waals surface area contributed by atoms with Crippen molar-refractivity contribution in [1.29, 1.82) is 0 Å². The van der Waals surface area contributed by atoms with Crippen LogP contribution in [0, 0.1) is 0 Å². The van der Waals surface area contributed by atoms with Crippen molar-refractivity contribution in [3.05, 3.63) is 235 Å². The van der Waals surface area contributed by atoms with Crippen molar-refractivity contribution >= 4 is 48.6 Å². The smallest absolute Gasteiger partial charge is 0.0726 e. The molecule has 0 bridgehead atoms. The minimum absolute atomic E-state index is 0.435. The van der Waals surface area contributed by atoms with Crippen LogP contribution in [0.1, 0.15) is 22.3 Å². The monoisotopic (exact) mass is 741 g/mol. The van der Waals surface area contributed by atoms with E-state index in [-0.39, 0.29) is 0 Å². The van der Waals surface area contributed by atoms with E-state index in [1.807, 2.05) is 11.3 Å². The first-order valence-corrected chi connectivity index (χ1v) is 20.5. The zero-order valence-corrected chi connectivity index (χ0v) is 31.9. The fraction of sp³-hybridized carbons (Fsp3) is 0.0182. The van der Waals surface area contributed by atoms with Gasteiger partial charge in [-0.3, -0.25) is 0 Å². The molecule has 0 radical (unpaired) electrons. The summed E-state index contributed by atoms with van der Waals surface area (Å²) in [5, 5.41) is 2.60. The Hall–Kier alpha value is -7.00. The highest BCUT2D eigenvalue weighted by Gasteiger charge is 2.52. The predicted octanol–water partition coefficient (Wildman–Crippen LogP) is 15.2. The standard InChI is InChI=1S/C55H35NS/c1-3-16-36(17-4-1)38-30-33-50(45(34-38)37-18-5-2-6-19-37)56(39-31-32-43-42-22-10-14-29-52(42)57-53(43)35-39)51-28-15-27-49-54(51)44-23-9-13-26-48(44)55(49)46-24-11-7-20-40(46)41-21-8-12-25-47(41)55/h1-35H. The molecule has 0 saturated carbocycles. The number of thiophene rings is 1. The molecule has 0 fully saturated rings. The third kappa shape index (κ3) is 4.62.